The van der Waals surface area contributed by atoms with Crippen molar-refractivity contribution in [2.45, 2.75) is 36.6 Å². The summed E-state index contributed by atoms with van der Waals surface area (Å²) in [6.07, 6.45) is 7.89. The van der Waals surface area contributed by atoms with Crippen molar-refractivity contribution in [1.82, 2.24) is 4.90 Å². The van der Waals surface area contributed by atoms with Crippen LogP contribution in [0.4, 0.5) is 11.4 Å². The van der Waals surface area contributed by atoms with Crippen molar-refractivity contribution in [3.8, 4) is 0 Å². The fraction of sp³-hybridized carbons (Fsp3) is 0.306. The summed E-state index contributed by atoms with van der Waals surface area (Å²) in [5, 5.41) is 11.2. The van der Waals surface area contributed by atoms with Crippen LogP contribution < -0.4 is 9.80 Å². The number of benzene rings is 3. The molecule has 230 valence electrons. The first-order chi connectivity index (χ1) is 21.9. The van der Waals surface area contributed by atoms with E-state index >= 15 is 4.79 Å². The van der Waals surface area contributed by atoms with E-state index in [1.165, 1.54) is 4.90 Å². The van der Waals surface area contributed by atoms with E-state index in [4.69, 9.17) is 16.3 Å². The zero-order valence-electron chi connectivity index (χ0n) is 24.8. The Kier molecular flexibility index (Phi) is 7.39. The first kappa shape index (κ1) is 29.5. The van der Waals surface area contributed by atoms with E-state index in [0.29, 0.717) is 34.9 Å². The average molecular weight is 624 g/mol. The lowest BCUT2D eigenvalue weighted by Crippen LogP contribution is -2.57. The second-order valence-corrected chi connectivity index (χ2v) is 12.4. The van der Waals surface area contributed by atoms with E-state index in [2.05, 4.69) is 0 Å². The van der Waals surface area contributed by atoms with Crippen LogP contribution in [0.5, 0.6) is 0 Å². The van der Waals surface area contributed by atoms with Crippen LogP contribution in [0.2, 0.25) is 5.02 Å². The van der Waals surface area contributed by atoms with E-state index in [1.54, 1.807) is 34.1 Å². The fourth-order valence-corrected chi connectivity index (χ4v) is 8.03. The third-order valence-corrected chi connectivity index (χ3v) is 10.1. The maximum atomic E-state index is 15.0. The number of amides is 3. The molecular formula is C36H34ClN3O5. The molecule has 1 spiro atoms. The summed E-state index contributed by atoms with van der Waals surface area (Å²) in [7, 11) is 0. The Morgan fingerprint density at radius 1 is 0.822 bits per heavy atom. The van der Waals surface area contributed by atoms with Gasteiger partial charge in [0.15, 0.2) is 0 Å². The molecule has 8 nitrogen and oxygen atoms in total. The minimum atomic E-state index is -1.48. The molecule has 1 N–H and O–H groups in total. The number of carbonyl (C=O) groups is 3. The minimum Gasteiger partial charge on any atom is -0.394 e. The summed E-state index contributed by atoms with van der Waals surface area (Å²) in [5.74, 6) is -2.97. The number of likely N-dealkylation sites (tertiary alicyclic amines) is 1. The molecule has 0 aliphatic carbocycles. The van der Waals surface area contributed by atoms with Crippen molar-refractivity contribution in [2.75, 3.05) is 29.5 Å². The Labute approximate surface area is 267 Å². The SMILES string of the molecule is CC[C@@]12C=CCN(c3ccccc3)C(=O)[C@@H]1[C@H]1C(=O)N([C@H](CO)c3ccccc3)C3C(=O)N(c4ccccc4Cl)CC=C[C@@]31O2. The number of aliphatic hydroxyl groups is 1. The molecule has 45 heavy (non-hydrogen) atoms. The lowest BCUT2D eigenvalue weighted by atomic mass is 9.73. The maximum absolute atomic E-state index is 15.0. The number of ether oxygens (including phenoxy) is 1. The third kappa shape index (κ3) is 4.38. The Hall–Kier alpha value is -4.24. The minimum absolute atomic E-state index is 0.192. The van der Waals surface area contributed by atoms with Crippen molar-refractivity contribution in [1.29, 1.82) is 0 Å². The van der Waals surface area contributed by atoms with Gasteiger partial charge in [0.2, 0.25) is 11.8 Å². The van der Waals surface area contributed by atoms with Gasteiger partial charge in [-0.15, -0.1) is 0 Å². The van der Waals surface area contributed by atoms with Crippen LogP contribution in [-0.2, 0) is 19.1 Å². The number of halogens is 1. The summed E-state index contributed by atoms with van der Waals surface area (Å²) in [6.45, 7) is 2.03. The molecule has 0 aromatic heterocycles. The van der Waals surface area contributed by atoms with Gasteiger partial charge in [-0.05, 0) is 36.2 Å². The van der Waals surface area contributed by atoms with Gasteiger partial charge in [0, 0.05) is 18.8 Å². The highest BCUT2D eigenvalue weighted by atomic mass is 35.5. The Morgan fingerprint density at radius 2 is 1.47 bits per heavy atom. The topological polar surface area (TPSA) is 90.4 Å². The number of nitrogens with zero attached hydrogens (tertiary/aromatic N) is 3. The molecule has 6 atom stereocenters. The highest BCUT2D eigenvalue weighted by Gasteiger charge is 2.76. The molecule has 4 aliphatic heterocycles. The summed E-state index contributed by atoms with van der Waals surface area (Å²) in [5.41, 5.74) is -0.711. The van der Waals surface area contributed by atoms with Crippen molar-refractivity contribution in [3.63, 3.8) is 0 Å². The molecule has 2 saturated heterocycles. The van der Waals surface area contributed by atoms with Gasteiger partial charge in [0.05, 0.1) is 40.8 Å². The van der Waals surface area contributed by atoms with Gasteiger partial charge < -0.3 is 24.5 Å². The molecular weight excluding hydrogens is 590 g/mol. The number of anilines is 2. The smallest absolute Gasteiger partial charge is 0.253 e. The van der Waals surface area contributed by atoms with Crippen LogP contribution in [0.3, 0.4) is 0 Å². The molecule has 3 aromatic carbocycles. The number of carbonyl (C=O) groups excluding carboxylic acids is 3. The number of rotatable bonds is 6. The summed E-state index contributed by atoms with van der Waals surface area (Å²) < 4.78 is 7.10. The molecule has 1 unspecified atom stereocenters. The van der Waals surface area contributed by atoms with Crippen molar-refractivity contribution in [2.24, 2.45) is 11.8 Å². The quantitative estimate of drug-likeness (QED) is 0.393. The highest BCUT2D eigenvalue weighted by Crippen LogP contribution is 2.60. The lowest BCUT2D eigenvalue weighted by Gasteiger charge is -2.41. The van der Waals surface area contributed by atoms with Crippen LogP contribution in [0.1, 0.15) is 24.9 Å². The third-order valence-electron chi connectivity index (χ3n) is 9.78. The van der Waals surface area contributed by atoms with Gasteiger partial charge in [-0.25, -0.2) is 0 Å². The Balaban J connectivity index is 1.42. The van der Waals surface area contributed by atoms with Gasteiger partial charge >= 0.3 is 0 Å². The zero-order valence-corrected chi connectivity index (χ0v) is 25.6. The van der Waals surface area contributed by atoms with Crippen LogP contribution >= 0.6 is 11.6 Å². The van der Waals surface area contributed by atoms with E-state index < -0.39 is 53.5 Å². The van der Waals surface area contributed by atoms with Crippen molar-refractivity contribution in [3.05, 3.63) is 120 Å². The predicted molar refractivity (Wildman–Crippen MR) is 172 cm³/mol. The summed E-state index contributed by atoms with van der Waals surface area (Å²) >= 11 is 6.61. The molecule has 4 aliphatic rings. The first-order valence-electron chi connectivity index (χ1n) is 15.3. The predicted octanol–water partition coefficient (Wildman–Crippen LogP) is 4.94. The number of hydrogen-bond donors (Lipinski definition) is 1. The largest absolute Gasteiger partial charge is 0.394 e. The molecule has 9 heteroatoms. The normalized spacial score (nSPS) is 29.7. The average Bonchev–Trinajstić information content (AvgIpc) is 3.35. The molecule has 0 bridgehead atoms. The number of fused-ring (bicyclic) bond motifs is 2. The van der Waals surface area contributed by atoms with Crippen molar-refractivity contribution >= 4 is 40.7 Å². The molecule has 7 rings (SSSR count). The second-order valence-electron chi connectivity index (χ2n) is 12.0. The van der Waals surface area contributed by atoms with Gasteiger partial charge in [0.25, 0.3) is 5.91 Å². The van der Waals surface area contributed by atoms with Crippen LogP contribution in [0.15, 0.2) is 109 Å². The zero-order chi connectivity index (χ0) is 31.3. The van der Waals surface area contributed by atoms with E-state index in [9.17, 15) is 14.7 Å². The molecule has 3 aromatic rings. The van der Waals surface area contributed by atoms with Gasteiger partial charge in [-0.3, -0.25) is 14.4 Å². The summed E-state index contributed by atoms with van der Waals surface area (Å²) in [6, 6.07) is 23.6. The Bertz CT molecular complexity index is 1700. The van der Waals surface area contributed by atoms with E-state index in [-0.39, 0.29) is 12.5 Å². The fourth-order valence-electron chi connectivity index (χ4n) is 7.79. The van der Waals surface area contributed by atoms with Gasteiger partial charge in [-0.1, -0.05) is 103 Å². The standard InChI is InChI=1S/C36H34ClN3O5/c1-2-35-19-11-21-38(25-15-7-4-8-16-25)32(42)29(35)30-33(43)40(28(23-41)24-13-5-3-6-14-24)31-34(44)39(22-12-20-36(30,31)45-35)27-18-10-9-17-26(27)37/h3-20,28-31,41H,2,21-23H2,1H3/t28-,29+,30+,31?,35-,36+/m1/s1. The number of hydrogen-bond acceptors (Lipinski definition) is 5. The monoisotopic (exact) mass is 623 g/mol. The van der Waals surface area contributed by atoms with Gasteiger partial charge in [-0.2, -0.15) is 0 Å². The summed E-state index contributed by atoms with van der Waals surface area (Å²) in [4.78, 5) is 49.4. The van der Waals surface area contributed by atoms with Gasteiger partial charge in [0.1, 0.15) is 11.6 Å². The number of para-hydroxylation sites is 2. The molecule has 3 amide bonds. The lowest BCUT2D eigenvalue weighted by molar-refractivity contribution is -0.149. The highest BCUT2D eigenvalue weighted by molar-refractivity contribution is 6.34. The molecule has 4 heterocycles. The molecule has 2 fully saturated rings. The maximum Gasteiger partial charge on any atom is 0.253 e. The van der Waals surface area contributed by atoms with E-state index in [0.717, 1.165) is 0 Å². The van der Waals surface area contributed by atoms with E-state index in [1.807, 2.05) is 91.9 Å². The molecule has 0 saturated carbocycles. The van der Waals surface area contributed by atoms with Crippen LogP contribution in [0.25, 0.3) is 0 Å². The first-order valence-corrected chi connectivity index (χ1v) is 15.7. The molecule has 0 radical (unpaired) electrons. The number of aliphatic hydroxyl groups excluding tert-OH is 1. The Morgan fingerprint density at radius 3 is 2.16 bits per heavy atom. The van der Waals surface area contributed by atoms with Crippen LogP contribution in [-0.4, -0.2) is 64.7 Å². The second kappa shape index (κ2) is 11.3. The van der Waals surface area contributed by atoms with Crippen molar-refractivity contribution < 1.29 is 24.2 Å². The van der Waals surface area contributed by atoms with Crippen LogP contribution in [0, 0.1) is 11.8 Å².